The molecule has 0 bridgehead atoms. The van der Waals surface area contributed by atoms with E-state index in [1.54, 1.807) is 39.8 Å². The van der Waals surface area contributed by atoms with Gasteiger partial charge in [0.1, 0.15) is 73.2 Å². The zero-order valence-corrected chi connectivity index (χ0v) is 48.5. The summed E-state index contributed by atoms with van der Waals surface area (Å²) < 4.78 is 48.6. The van der Waals surface area contributed by atoms with E-state index < -0.39 is 199 Å². The summed E-state index contributed by atoms with van der Waals surface area (Å²) in [4.78, 5) is 40.6. The van der Waals surface area contributed by atoms with E-state index in [9.17, 15) is 80.8 Å². The van der Waals surface area contributed by atoms with Crippen LogP contribution >= 0.6 is 0 Å². The number of aliphatic hydroxyl groups is 12. The van der Waals surface area contributed by atoms with Crippen molar-refractivity contribution in [3.8, 4) is 0 Å². The second-order valence-corrected chi connectivity index (χ2v) is 26.3. The third-order valence-electron chi connectivity index (χ3n) is 21.7. The van der Waals surface area contributed by atoms with E-state index in [2.05, 4.69) is 26.8 Å². The van der Waals surface area contributed by atoms with E-state index >= 15 is 0 Å². The smallest absolute Gasteiger partial charge is 0.335 e. The van der Waals surface area contributed by atoms with Gasteiger partial charge in [0.15, 0.2) is 31.1 Å². The SMILES string of the molecule is CC=C(C)C(=O)O[C@H]1[C@H](OC(=O)C(C)=CC)[C@]2(CO)[C@H](O)C[C@]3(C)C(=CC[C@@H]4[C@@]5(C)CC[C@H](O[C@@H]6O[C@H](C(=O)O)[C@@H](O[C@@H]7O[C@H](CO)[C@@H](O)[C@H](O)[C@H]7O)[C@H](O)[C@H]6O[C@@H]6O[C@H](CO)[C@@H](O)[C@H](O)[C@H]6O)[C@](C)(CO)[C@@H]5CC[C@]43C)[C@@H]2CC1(C)C. The average molecular weight is 1170 g/mol. The van der Waals surface area contributed by atoms with E-state index in [1.807, 2.05) is 20.8 Å². The molecular weight excluding hydrogens is 1080 g/mol. The number of carbonyl (C=O) groups excluding carboxylic acids is 2. The molecule has 0 aromatic rings. The minimum absolute atomic E-state index is 0.0973. The van der Waals surface area contributed by atoms with Gasteiger partial charge in [0, 0.05) is 22.0 Å². The van der Waals surface area contributed by atoms with Crippen LogP contribution in [-0.4, -0.2) is 227 Å². The molecule has 4 saturated carbocycles. The Hall–Kier alpha value is -3.09. The number of carbonyl (C=O) groups is 3. The molecule has 3 aliphatic heterocycles. The molecule has 7 fully saturated rings. The molecule has 0 spiro atoms. The van der Waals surface area contributed by atoms with Crippen LogP contribution in [0.15, 0.2) is 34.9 Å². The standard InChI is InChI=1S/C58H90O24/c1-11-25(3)48(73)81-45-46(82-49(74)26(4)12-2)58(24-62)28(19-53(45,5)6)27-13-14-32-54(7)17-16-34(55(8,23-61)31(54)15-18-56(32,9)57(27,10)20-33(58)63)77-52-43(79-51-40(69)38(67)36(65)30(22-60)76-51)41(70)42(44(80-52)47(71)72)78-50-39(68)37(66)35(64)29(21-59)75-50/h11-13,28-46,50-52,59-70H,14-24H2,1-10H3,(H,71,72)/t28-,29+,30+,31+,32+,33+,34-,35+,36+,37-,38-,39+,40+,41-,42-,43+,44-,45-,46-,50-,51-,52+,54-,55+,56+,57+,58-/m0/s1. The molecule has 0 unspecified atom stereocenters. The normalized spacial score (nSPS) is 49.5. The topological polar surface area (TPSA) is 388 Å². The third-order valence-corrected chi connectivity index (χ3v) is 21.7. The summed E-state index contributed by atoms with van der Waals surface area (Å²) in [6.07, 6.45) is -25.1. The van der Waals surface area contributed by atoms with Crippen molar-refractivity contribution < 1.29 is 119 Å². The van der Waals surface area contributed by atoms with Gasteiger partial charge in [-0.15, -0.1) is 0 Å². The molecule has 0 aromatic carbocycles. The Bertz CT molecular complexity index is 2430. The van der Waals surface area contributed by atoms with Gasteiger partial charge in [-0.1, -0.05) is 65.3 Å². The fourth-order valence-corrected chi connectivity index (χ4v) is 16.4. The van der Waals surface area contributed by atoms with Crippen molar-refractivity contribution in [2.24, 2.45) is 50.2 Å². The number of aliphatic hydroxyl groups excluding tert-OH is 12. The Labute approximate surface area is 477 Å². The van der Waals surface area contributed by atoms with Crippen LogP contribution in [-0.2, 0) is 52.3 Å². The summed E-state index contributed by atoms with van der Waals surface area (Å²) in [5.74, 6) is -3.95. The van der Waals surface area contributed by atoms with Gasteiger partial charge in [-0.2, -0.15) is 0 Å². The van der Waals surface area contributed by atoms with Crippen LogP contribution in [0.4, 0.5) is 0 Å². The van der Waals surface area contributed by atoms with E-state index in [4.69, 9.17) is 37.9 Å². The van der Waals surface area contributed by atoms with Gasteiger partial charge in [-0.3, -0.25) is 0 Å². The van der Waals surface area contributed by atoms with Crippen molar-refractivity contribution in [1.82, 2.24) is 0 Å². The Morgan fingerprint density at radius 3 is 1.66 bits per heavy atom. The van der Waals surface area contributed by atoms with Gasteiger partial charge in [-0.25, -0.2) is 14.4 Å². The molecule has 0 aromatic heterocycles. The number of esters is 2. The molecule has 3 heterocycles. The van der Waals surface area contributed by atoms with Crippen molar-refractivity contribution in [2.75, 3.05) is 26.4 Å². The molecular formula is C58H90O24. The van der Waals surface area contributed by atoms with Crippen molar-refractivity contribution in [3.63, 3.8) is 0 Å². The van der Waals surface area contributed by atoms with Gasteiger partial charge in [0.25, 0.3) is 0 Å². The van der Waals surface area contributed by atoms with Crippen LogP contribution in [0.1, 0.15) is 114 Å². The van der Waals surface area contributed by atoms with Gasteiger partial charge < -0.3 is 104 Å². The Kier molecular flexibility index (Phi) is 18.9. The number of hydrogen-bond donors (Lipinski definition) is 13. The predicted octanol–water partition coefficient (Wildman–Crippen LogP) is -0.375. The van der Waals surface area contributed by atoms with Crippen molar-refractivity contribution in [3.05, 3.63) is 34.9 Å². The molecule has 82 heavy (non-hydrogen) atoms. The molecule has 24 nitrogen and oxygen atoms in total. The molecule has 466 valence electrons. The van der Waals surface area contributed by atoms with Crippen molar-refractivity contribution in [2.45, 2.75) is 231 Å². The minimum atomic E-state index is -2.18. The fraction of sp³-hybridized carbons (Fsp3) is 0.845. The molecule has 13 N–H and O–H groups in total. The molecule has 8 aliphatic rings. The summed E-state index contributed by atoms with van der Waals surface area (Å²) >= 11 is 0. The first kappa shape index (κ1) is 64.9. The number of aliphatic carboxylic acids is 1. The first-order valence-electron chi connectivity index (χ1n) is 28.8. The number of allylic oxidation sites excluding steroid dienone is 4. The summed E-state index contributed by atoms with van der Waals surface area (Å²) in [5, 5.41) is 144. The van der Waals surface area contributed by atoms with Gasteiger partial charge in [0.2, 0.25) is 0 Å². The lowest BCUT2D eigenvalue weighted by Gasteiger charge is -2.72. The van der Waals surface area contributed by atoms with Crippen molar-refractivity contribution in [1.29, 1.82) is 0 Å². The van der Waals surface area contributed by atoms with Gasteiger partial charge in [0.05, 0.1) is 44.1 Å². The molecule has 27 atom stereocenters. The Morgan fingerprint density at radius 1 is 0.622 bits per heavy atom. The maximum atomic E-state index is 13.8. The highest BCUT2D eigenvalue weighted by atomic mass is 16.8. The monoisotopic (exact) mass is 1170 g/mol. The Balaban J connectivity index is 1.12. The summed E-state index contributed by atoms with van der Waals surface area (Å²) in [6, 6.07) is 0. The fourth-order valence-electron chi connectivity index (χ4n) is 16.4. The first-order valence-corrected chi connectivity index (χ1v) is 28.8. The third kappa shape index (κ3) is 10.4. The van der Waals surface area contributed by atoms with E-state index in [-0.39, 0.29) is 24.7 Å². The summed E-state index contributed by atoms with van der Waals surface area (Å²) in [6.45, 7) is 16.2. The molecule has 0 radical (unpaired) electrons. The molecule has 3 saturated heterocycles. The van der Waals surface area contributed by atoms with Crippen molar-refractivity contribution >= 4 is 17.9 Å². The largest absolute Gasteiger partial charge is 0.479 e. The second-order valence-electron chi connectivity index (χ2n) is 26.3. The predicted molar refractivity (Wildman–Crippen MR) is 283 cm³/mol. The number of fused-ring (bicyclic) bond motifs is 7. The zero-order valence-electron chi connectivity index (χ0n) is 48.5. The van der Waals surface area contributed by atoms with Crippen LogP contribution in [0.3, 0.4) is 0 Å². The minimum Gasteiger partial charge on any atom is -0.479 e. The average Bonchev–Trinajstić information content (AvgIpc) is 1.64. The number of carboxylic acids is 1. The van der Waals surface area contributed by atoms with E-state index in [0.717, 1.165) is 5.57 Å². The maximum Gasteiger partial charge on any atom is 0.335 e. The first-order chi connectivity index (χ1) is 38.4. The molecule has 0 amide bonds. The number of rotatable bonds is 15. The van der Waals surface area contributed by atoms with Crippen LogP contribution in [0.25, 0.3) is 0 Å². The zero-order chi connectivity index (χ0) is 60.7. The molecule has 8 rings (SSSR count). The van der Waals surface area contributed by atoms with E-state index in [0.29, 0.717) is 43.3 Å². The van der Waals surface area contributed by atoms with Crippen LogP contribution in [0.2, 0.25) is 0 Å². The van der Waals surface area contributed by atoms with Crippen LogP contribution in [0, 0.1) is 50.2 Å². The highest BCUT2D eigenvalue weighted by molar-refractivity contribution is 5.89. The van der Waals surface area contributed by atoms with Crippen LogP contribution in [0.5, 0.6) is 0 Å². The molecule has 5 aliphatic carbocycles. The lowest BCUT2D eigenvalue weighted by molar-refractivity contribution is -0.392. The quantitative estimate of drug-likeness (QED) is 0.0430. The maximum absolute atomic E-state index is 13.8. The lowest BCUT2D eigenvalue weighted by atomic mass is 9.33. The van der Waals surface area contributed by atoms with E-state index in [1.165, 1.54) is 0 Å². The lowest BCUT2D eigenvalue weighted by Crippen LogP contribution is -2.72. The Morgan fingerprint density at radius 2 is 1.16 bits per heavy atom. The number of ether oxygens (including phenoxy) is 8. The summed E-state index contributed by atoms with van der Waals surface area (Å²) in [5.41, 5.74) is -3.63. The van der Waals surface area contributed by atoms with Gasteiger partial charge in [-0.05, 0) is 107 Å². The highest BCUT2D eigenvalue weighted by Crippen LogP contribution is 2.76. The number of hydrogen-bond acceptors (Lipinski definition) is 23. The van der Waals surface area contributed by atoms with Crippen LogP contribution < -0.4 is 0 Å². The number of carboxylic acid groups (broad SMARTS) is 1. The van der Waals surface area contributed by atoms with Gasteiger partial charge >= 0.3 is 17.9 Å². The molecule has 24 heteroatoms. The second kappa shape index (κ2) is 23.9. The summed E-state index contributed by atoms with van der Waals surface area (Å²) in [7, 11) is 0. The highest BCUT2D eigenvalue weighted by Gasteiger charge is 2.74.